The largest absolute Gasteiger partial charge is 0.454 e. The molecule has 0 saturated carbocycles. The third-order valence-electron chi connectivity index (χ3n) is 5.64. The molecule has 1 aromatic carbocycles. The van der Waals surface area contributed by atoms with E-state index in [2.05, 4.69) is 31.9 Å². The number of hydrogen-bond donors (Lipinski definition) is 0. The van der Waals surface area contributed by atoms with Crippen LogP contribution in [0.15, 0.2) is 29.4 Å². The minimum Gasteiger partial charge on any atom is -0.454 e. The Labute approximate surface area is 197 Å². The van der Waals surface area contributed by atoms with E-state index in [1.807, 2.05) is 19.9 Å². The van der Waals surface area contributed by atoms with E-state index in [-0.39, 0.29) is 5.91 Å². The van der Waals surface area contributed by atoms with Gasteiger partial charge in [-0.3, -0.25) is 9.69 Å². The normalized spacial score (nSPS) is 15.8. The van der Waals surface area contributed by atoms with Crippen molar-refractivity contribution in [3.05, 3.63) is 35.0 Å². The Kier molecular flexibility index (Phi) is 7.59. The summed E-state index contributed by atoms with van der Waals surface area (Å²) in [6.07, 6.45) is 0. The molecule has 1 fully saturated rings. The number of fused-ring (bicyclic) bond motifs is 1. The Hall–Kier alpha value is -2.23. The highest BCUT2D eigenvalue weighted by atomic mass is 35.5. The molecule has 4 rings (SSSR count). The highest BCUT2D eigenvalue weighted by Crippen LogP contribution is 2.33. The molecule has 0 bridgehead atoms. The third kappa shape index (κ3) is 5.57. The average molecular weight is 478 g/mol. The molecule has 10 heteroatoms. The maximum absolute atomic E-state index is 12.3. The zero-order chi connectivity index (χ0) is 22.5. The summed E-state index contributed by atoms with van der Waals surface area (Å²) < 4.78 is 10.9. The second kappa shape index (κ2) is 10.6. The number of anilines is 1. The molecule has 32 heavy (non-hydrogen) atoms. The molecule has 172 valence electrons. The van der Waals surface area contributed by atoms with Gasteiger partial charge in [-0.05, 0) is 31.5 Å². The van der Waals surface area contributed by atoms with E-state index in [0.717, 1.165) is 50.0 Å². The van der Waals surface area contributed by atoms with Crippen LogP contribution in [0.3, 0.4) is 0 Å². The van der Waals surface area contributed by atoms with E-state index in [4.69, 9.17) is 21.1 Å². The molecule has 3 heterocycles. The second-order valence-corrected chi connectivity index (χ2v) is 8.97. The smallest absolute Gasteiger partial charge is 0.233 e. The number of ether oxygens (including phenoxy) is 2. The molecule has 2 aliphatic rings. The van der Waals surface area contributed by atoms with Gasteiger partial charge < -0.3 is 19.3 Å². The number of aromatic nitrogens is 2. The Morgan fingerprint density at radius 3 is 2.59 bits per heavy atom. The van der Waals surface area contributed by atoms with Crippen molar-refractivity contribution in [1.29, 1.82) is 0 Å². The van der Waals surface area contributed by atoms with Crippen LogP contribution in [-0.4, -0.2) is 77.5 Å². The molecule has 0 unspecified atom stereocenters. The lowest BCUT2D eigenvalue weighted by atomic mass is 10.1. The summed E-state index contributed by atoms with van der Waals surface area (Å²) in [5.74, 6) is 2.84. The second-order valence-electron chi connectivity index (χ2n) is 7.64. The standard InChI is InChI=1S/C22H28ClN5O3S/c1-3-27(4-2)21(29)14-32-22-24-19(23)12-20(25-22)28-9-7-26(8-10-28)13-16-5-6-17-18(11-16)31-15-30-17/h5-6,11-12H,3-4,7-10,13-15H2,1-2H3. The van der Waals surface area contributed by atoms with Gasteiger partial charge in [-0.1, -0.05) is 29.4 Å². The quantitative estimate of drug-likeness (QED) is 0.326. The summed E-state index contributed by atoms with van der Waals surface area (Å²) in [5, 5.41) is 0.936. The molecule has 0 atom stereocenters. The lowest BCUT2D eigenvalue weighted by Gasteiger charge is -2.35. The summed E-state index contributed by atoms with van der Waals surface area (Å²) >= 11 is 7.60. The number of hydrogen-bond acceptors (Lipinski definition) is 8. The van der Waals surface area contributed by atoms with Crippen molar-refractivity contribution < 1.29 is 14.3 Å². The van der Waals surface area contributed by atoms with E-state index in [0.29, 0.717) is 35.9 Å². The summed E-state index contributed by atoms with van der Waals surface area (Å²) in [7, 11) is 0. The summed E-state index contributed by atoms with van der Waals surface area (Å²) in [6.45, 7) is 10.0. The Morgan fingerprint density at radius 2 is 1.84 bits per heavy atom. The van der Waals surface area contributed by atoms with Gasteiger partial charge in [-0.25, -0.2) is 9.97 Å². The van der Waals surface area contributed by atoms with Crippen molar-refractivity contribution in [1.82, 2.24) is 19.8 Å². The Morgan fingerprint density at radius 1 is 1.09 bits per heavy atom. The molecule has 1 saturated heterocycles. The van der Waals surface area contributed by atoms with Gasteiger partial charge in [-0.2, -0.15) is 0 Å². The van der Waals surface area contributed by atoms with Crippen molar-refractivity contribution in [2.24, 2.45) is 0 Å². The van der Waals surface area contributed by atoms with Crippen molar-refractivity contribution in [3.63, 3.8) is 0 Å². The SMILES string of the molecule is CCN(CC)C(=O)CSc1nc(Cl)cc(N2CCN(Cc3ccc4c(c3)OCO4)CC2)n1. The zero-order valence-electron chi connectivity index (χ0n) is 18.4. The van der Waals surface area contributed by atoms with Crippen LogP contribution in [0.25, 0.3) is 0 Å². The molecule has 1 amide bonds. The van der Waals surface area contributed by atoms with E-state index in [1.165, 1.54) is 17.3 Å². The lowest BCUT2D eigenvalue weighted by Crippen LogP contribution is -2.46. The van der Waals surface area contributed by atoms with Gasteiger partial charge >= 0.3 is 0 Å². The highest BCUT2D eigenvalue weighted by Gasteiger charge is 2.21. The van der Waals surface area contributed by atoms with Crippen molar-refractivity contribution in [2.45, 2.75) is 25.5 Å². The molecule has 1 aromatic heterocycles. The van der Waals surface area contributed by atoms with Gasteiger partial charge in [0, 0.05) is 51.9 Å². The predicted octanol–water partition coefficient (Wildman–Crippen LogP) is 3.14. The number of benzene rings is 1. The van der Waals surface area contributed by atoms with Crippen LogP contribution in [0.5, 0.6) is 11.5 Å². The first kappa shape index (κ1) is 22.9. The Balaban J connectivity index is 1.32. The number of carbonyl (C=O) groups is 1. The molecular weight excluding hydrogens is 450 g/mol. The number of carbonyl (C=O) groups excluding carboxylic acids is 1. The van der Waals surface area contributed by atoms with Crippen molar-refractivity contribution in [3.8, 4) is 11.5 Å². The lowest BCUT2D eigenvalue weighted by molar-refractivity contribution is -0.127. The number of halogens is 1. The highest BCUT2D eigenvalue weighted by molar-refractivity contribution is 7.99. The summed E-state index contributed by atoms with van der Waals surface area (Å²) in [4.78, 5) is 27.7. The first-order valence-corrected chi connectivity index (χ1v) is 12.2. The van der Waals surface area contributed by atoms with E-state index in [9.17, 15) is 4.79 Å². The number of piperazine rings is 1. The van der Waals surface area contributed by atoms with Gasteiger partial charge in [0.05, 0.1) is 5.75 Å². The molecular formula is C22H28ClN5O3S. The maximum atomic E-state index is 12.3. The zero-order valence-corrected chi connectivity index (χ0v) is 20.0. The number of nitrogens with zero attached hydrogens (tertiary/aromatic N) is 5. The third-order valence-corrected chi connectivity index (χ3v) is 6.67. The van der Waals surface area contributed by atoms with Crippen LogP contribution in [-0.2, 0) is 11.3 Å². The monoisotopic (exact) mass is 477 g/mol. The van der Waals surface area contributed by atoms with Gasteiger partial charge in [0.25, 0.3) is 0 Å². The fourth-order valence-electron chi connectivity index (χ4n) is 3.84. The van der Waals surface area contributed by atoms with Crippen LogP contribution >= 0.6 is 23.4 Å². The fourth-order valence-corrected chi connectivity index (χ4v) is 4.82. The van der Waals surface area contributed by atoms with Crippen LogP contribution in [0, 0.1) is 0 Å². The minimum atomic E-state index is 0.0854. The number of rotatable bonds is 8. The molecule has 0 N–H and O–H groups in total. The predicted molar refractivity (Wildman–Crippen MR) is 126 cm³/mol. The minimum absolute atomic E-state index is 0.0854. The van der Waals surface area contributed by atoms with Crippen molar-refractivity contribution >= 4 is 35.1 Å². The first-order valence-electron chi connectivity index (χ1n) is 10.9. The molecule has 0 spiro atoms. The van der Waals surface area contributed by atoms with E-state index in [1.54, 1.807) is 11.0 Å². The van der Waals surface area contributed by atoms with Crippen LogP contribution in [0.2, 0.25) is 5.15 Å². The molecule has 0 radical (unpaired) electrons. The van der Waals surface area contributed by atoms with Crippen molar-refractivity contribution in [2.75, 3.05) is 56.7 Å². The van der Waals surface area contributed by atoms with Crippen LogP contribution < -0.4 is 14.4 Å². The van der Waals surface area contributed by atoms with Crippen LogP contribution in [0.4, 0.5) is 5.82 Å². The Bertz CT molecular complexity index is 951. The summed E-state index contributed by atoms with van der Waals surface area (Å²) in [6, 6.07) is 7.92. The molecule has 2 aromatic rings. The van der Waals surface area contributed by atoms with E-state index >= 15 is 0 Å². The molecule has 0 aliphatic carbocycles. The maximum Gasteiger partial charge on any atom is 0.233 e. The van der Waals surface area contributed by atoms with Gasteiger partial charge in [0.15, 0.2) is 16.7 Å². The number of amides is 1. The van der Waals surface area contributed by atoms with Gasteiger partial charge in [0.1, 0.15) is 11.0 Å². The van der Waals surface area contributed by atoms with E-state index < -0.39 is 0 Å². The molecule has 2 aliphatic heterocycles. The topological polar surface area (TPSA) is 71.0 Å². The van der Waals surface area contributed by atoms with Crippen LogP contribution in [0.1, 0.15) is 19.4 Å². The fraction of sp³-hybridized carbons (Fsp3) is 0.500. The summed E-state index contributed by atoms with van der Waals surface area (Å²) in [5.41, 5.74) is 1.21. The van der Waals surface area contributed by atoms with Gasteiger partial charge in [-0.15, -0.1) is 0 Å². The molecule has 8 nitrogen and oxygen atoms in total. The number of thioether (sulfide) groups is 1. The average Bonchev–Trinajstić information content (AvgIpc) is 3.27. The van der Waals surface area contributed by atoms with Gasteiger partial charge in [0.2, 0.25) is 12.7 Å². The first-order chi connectivity index (χ1) is 15.6.